The van der Waals surface area contributed by atoms with Gasteiger partial charge in [0.2, 0.25) is 0 Å². The molecule has 1 fully saturated rings. The van der Waals surface area contributed by atoms with Crippen LogP contribution < -0.4 is 4.72 Å². The summed E-state index contributed by atoms with van der Waals surface area (Å²) >= 11 is 0. The third-order valence-electron chi connectivity index (χ3n) is 4.61. The van der Waals surface area contributed by atoms with Crippen LogP contribution in [0.2, 0.25) is 0 Å². The Labute approximate surface area is 138 Å². The summed E-state index contributed by atoms with van der Waals surface area (Å²) in [4.78, 5) is 12.3. The Bertz CT molecular complexity index is 733. The van der Waals surface area contributed by atoms with Crippen LogP contribution in [0.25, 0.3) is 10.9 Å². The highest BCUT2D eigenvalue weighted by Crippen LogP contribution is 2.26. The molecule has 0 spiro atoms. The van der Waals surface area contributed by atoms with Crippen LogP contribution in [0.15, 0.2) is 35.4 Å². The number of nitrogens with one attached hydrogen (secondary N) is 1. The van der Waals surface area contributed by atoms with Gasteiger partial charge in [-0.2, -0.15) is 0 Å². The van der Waals surface area contributed by atoms with Gasteiger partial charge in [-0.15, -0.1) is 0 Å². The minimum Gasteiger partial charge on any atom is -0.469 e. The fourth-order valence-corrected chi connectivity index (χ4v) is 4.31. The molecule has 0 aliphatic heterocycles. The van der Waals surface area contributed by atoms with Crippen LogP contribution in [0.5, 0.6) is 0 Å². The lowest BCUT2D eigenvalue weighted by Gasteiger charge is -2.27. The molecule has 1 aromatic carbocycles. The summed E-state index contributed by atoms with van der Waals surface area (Å²) in [7, 11) is 2.20. The van der Waals surface area contributed by atoms with Crippen molar-refractivity contribution < 1.29 is 13.7 Å². The predicted molar refractivity (Wildman–Crippen MR) is 90.2 cm³/mol. The van der Waals surface area contributed by atoms with Crippen LogP contribution in [0.1, 0.15) is 25.7 Å². The van der Waals surface area contributed by atoms with Crippen LogP contribution in [-0.4, -0.2) is 27.9 Å². The van der Waals surface area contributed by atoms with Crippen molar-refractivity contribution >= 4 is 27.9 Å². The van der Waals surface area contributed by atoms with Gasteiger partial charge in [-0.3, -0.25) is 4.79 Å². The summed E-state index contributed by atoms with van der Waals surface area (Å²) in [6.45, 7) is 0. The van der Waals surface area contributed by atoms with Gasteiger partial charge in [-0.1, -0.05) is 0 Å². The van der Waals surface area contributed by atoms with Gasteiger partial charge in [0.05, 0.1) is 17.9 Å². The Morgan fingerprint density at radius 2 is 2.00 bits per heavy atom. The molecule has 0 saturated heterocycles. The lowest BCUT2D eigenvalue weighted by molar-refractivity contribution is -0.146. The lowest BCUT2D eigenvalue weighted by Crippen LogP contribution is -2.36. The van der Waals surface area contributed by atoms with E-state index in [0.29, 0.717) is 0 Å². The number of carbonyl (C=O) groups excluding carboxylic acids is 1. The van der Waals surface area contributed by atoms with Gasteiger partial charge >= 0.3 is 5.97 Å². The molecule has 1 N–H and O–H groups in total. The predicted octanol–water partition coefficient (Wildman–Crippen LogP) is 2.52. The number of carbonyl (C=O) groups is 1. The van der Waals surface area contributed by atoms with Crippen molar-refractivity contribution in [2.75, 3.05) is 7.11 Å². The number of aromatic nitrogens is 1. The highest BCUT2D eigenvalue weighted by atomic mass is 32.2. The number of fused-ring (bicyclic) bond motifs is 1. The maximum Gasteiger partial charge on any atom is 0.308 e. The molecule has 1 heterocycles. The Kier molecular flexibility index (Phi) is 4.82. The molecule has 1 atom stereocenters. The number of methoxy groups -OCH3 is 1. The standard InChI is InChI=1S/C17H22N2O3S/c1-19-10-9-13-11-15(7-8-16(13)19)23(21)18-14-5-3-12(4-6-14)17(20)22-2/h7-12,14,18H,3-6H2,1-2H3. The summed E-state index contributed by atoms with van der Waals surface area (Å²) in [6, 6.07) is 8.09. The first-order chi connectivity index (χ1) is 11.1. The highest BCUT2D eigenvalue weighted by molar-refractivity contribution is 7.83. The van der Waals surface area contributed by atoms with E-state index in [1.165, 1.54) is 7.11 Å². The van der Waals surface area contributed by atoms with Crippen molar-refractivity contribution in [3.8, 4) is 0 Å². The largest absolute Gasteiger partial charge is 0.469 e. The number of nitrogens with zero attached hydrogens (tertiary/aromatic N) is 1. The second-order valence-electron chi connectivity index (χ2n) is 6.11. The number of rotatable bonds is 4. The van der Waals surface area contributed by atoms with Gasteiger partial charge in [0.1, 0.15) is 11.0 Å². The smallest absolute Gasteiger partial charge is 0.308 e. The van der Waals surface area contributed by atoms with E-state index in [0.717, 1.165) is 41.5 Å². The van der Waals surface area contributed by atoms with Crippen LogP contribution in [0, 0.1) is 5.92 Å². The number of ether oxygens (including phenoxy) is 1. The normalized spacial score (nSPS) is 22.9. The summed E-state index contributed by atoms with van der Waals surface area (Å²) in [5.74, 6) is -0.133. The van der Waals surface area contributed by atoms with Gasteiger partial charge < -0.3 is 9.30 Å². The molecule has 1 aliphatic rings. The van der Waals surface area contributed by atoms with Crippen molar-refractivity contribution in [1.82, 2.24) is 9.29 Å². The maximum absolute atomic E-state index is 12.5. The Morgan fingerprint density at radius 1 is 1.26 bits per heavy atom. The minimum absolute atomic E-state index is 0.00726. The van der Waals surface area contributed by atoms with E-state index in [1.54, 1.807) is 0 Å². The van der Waals surface area contributed by atoms with E-state index in [1.807, 2.05) is 42.1 Å². The molecule has 124 valence electrons. The molecule has 6 heteroatoms. The SMILES string of the molecule is COC(=O)C1CCC(NS(=O)c2ccc3c(ccn3C)c2)CC1. The first kappa shape index (κ1) is 16.2. The van der Waals surface area contributed by atoms with Crippen molar-refractivity contribution in [2.24, 2.45) is 13.0 Å². The second kappa shape index (κ2) is 6.84. The number of aryl methyl sites for hydroxylation is 1. The average molecular weight is 334 g/mol. The summed E-state index contributed by atoms with van der Waals surface area (Å²) in [6.07, 6.45) is 5.27. The Hall–Kier alpha value is -1.66. The van der Waals surface area contributed by atoms with Crippen molar-refractivity contribution in [2.45, 2.75) is 36.6 Å². The molecule has 1 saturated carbocycles. The average Bonchev–Trinajstić information content (AvgIpc) is 2.95. The van der Waals surface area contributed by atoms with E-state index in [-0.39, 0.29) is 17.9 Å². The molecule has 0 amide bonds. The second-order valence-corrected chi connectivity index (χ2v) is 7.35. The number of hydrogen-bond donors (Lipinski definition) is 1. The van der Waals surface area contributed by atoms with Crippen molar-refractivity contribution in [3.63, 3.8) is 0 Å². The molecular formula is C17H22N2O3S. The topological polar surface area (TPSA) is 60.3 Å². The third kappa shape index (κ3) is 3.48. The van der Waals surface area contributed by atoms with Crippen molar-refractivity contribution in [1.29, 1.82) is 0 Å². The number of hydrogen-bond acceptors (Lipinski definition) is 3. The van der Waals surface area contributed by atoms with E-state index >= 15 is 0 Å². The lowest BCUT2D eigenvalue weighted by atomic mass is 9.86. The zero-order chi connectivity index (χ0) is 16.4. The maximum atomic E-state index is 12.5. The molecule has 1 aliphatic carbocycles. The van der Waals surface area contributed by atoms with Crippen LogP contribution in [0.4, 0.5) is 0 Å². The summed E-state index contributed by atoms with van der Waals surface area (Å²) < 4.78 is 22.6. The van der Waals surface area contributed by atoms with Crippen LogP contribution in [-0.2, 0) is 27.6 Å². The summed E-state index contributed by atoms with van der Waals surface area (Å²) in [5.41, 5.74) is 1.13. The molecule has 1 aromatic heterocycles. The molecular weight excluding hydrogens is 312 g/mol. The molecule has 2 aromatic rings. The van der Waals surface area contributed by atoms with Gasteiger partial charge in [0.25, 0.3) is 0 Å². The number of esters is 1. The Morgan fingerprint density at radius 3 is 2.70 bits per heavy atom. The van der Waals surface area contributed by atoms with Gasteiger partial charge in [0, 0.05) is 30.2 Å². The van der Waals surface area contributed by atoms with Crippen molar-refractivity contribution in [3.05, 3.63) is 30.5 Å². The fraction of sp³-hybridized carbons (Fsp3) is 0.471. The number of benzene rings is 1. The quantitative estimate of drug-likeness (QED) is 0.874. The van der Waals surface area contributed by atoms with E-state index in [9.17, 15) is 9.00 Å². The molecule has 0 bridgehead atoms. The Balaban J connectivity index is 1.61. The van der Waals surface area contributed by atoms with Gasteiger partial charge in [0.15, 0.2) is 0 Å². The van der Waals surface area contributed by atoms with Gasteiger partial charge in [-0.05, 0) is 49.9 Å². The van der Waals surface area contributed by atoms with Crippen LogP contribution in [0.3, 0.4) is 0 Å². The molecule has 5 nitrogen and oxygen atoms in total. The molecule has 23 heavy (non-hydrogen) atoms. The molecule has 3 rings (SSSR count). The third-order valence-corrected chi connectivity index (χ3v) is 5.84. The summed E-state index contributed by atoms with van der Waals surface area (Å²) in [5, 5.41) is 1.09. The van der Waals surface area contributed by atoms with E-state index in [4.69, 9.17) is 4.74 Å². The zero-order valence-corrected chi connectivity index (χ0v) is 14.3. The van der Waals surface area contributed by atoms with E-state index < -0.39 is 11.0 Å². The van der Waals surface area contributed by atoms with Gasteiger partial charge in [-0.25, -0.2) is 8.93 Å². The van der Waals surface area contributed by atoms with Crippen LogP contribution >= 0.6 is 0 Å². The van der Waals surface area contributed by atoms with E-state index in [2.05, 4.69) is 4.72 Å². The first-order valence-corrected chi connectivity index (χ1v) is 9.04. The molecule has 0 radical (unpaired) electrons. The molecule has 1 unspecified atom stereocenters. The monoisotopic (exact) mass is 334 g/mol. The highest BCUT2D eigenvalue weighted by Gasteiger charge is 2.27. The fourth-order valence-electron chi connectivity index (χ4n) is 3.21. The minimum atomic E-state index is -1.23. The first-order valence-electron chi connectivity index (χ1n) is 7.89. The zero-order valence-electron chi connectivity index (χ0n) is 13.5.